The second-order valence-corrected chi connectivity index (χ2v) is 7.01. The van der Waals surface area contributed by atoms with Gasteiger partial charge in [0.05, 0.1) is 0 Å². The van der Waals surface area contributed by atoms with Crippen molar-refractivity contribution in [3.05, 3.63) is 0 Å². The van der Waals surface area contributed by atoms with Crippen LogP contribution in [0.2, 0.25) is 0 Å². The first kappa shape index (κ1) is 15.3. The lowest BCUT2D eigenvalue weighted by molar-refractivity contribution is -0.135. The molecule has 3 rings (SSSR count). The van der Waals surface area contributed by atoms with Crippen LogP contribution < -0.4 is 10.6 Å². The van der Waals surface area contributed by atoms with E-state index in [0.29, 0.717) is 18.8 Å². The Morgan fingerprint density at radius 1 is 1.27 bits per heavy atom. The number of nitrogens with one attached hydrogen (secondary N) is 2. The second-order valence-electron chi connectivity index (χ2n) is 7.01. The number of imide groups is 1. The minimum atomic E-state index is -0.754. The summed E-state index contributed by atoms with van der Waals surface area (Å²) in [6.07, 6.45) is 7.77. The third kappa shape index (κ3) is 2.96. The van der Waals surface area contributed by atoms with E-state index in [9.17, 15) is 14.4 Å². The molecule has 2 saturated carbocycles. The molecule has 0 aromatic carbocycles. The lowest BCUT2D eigenvalue weighted by Crippen LogP contribution is -2.48. The molecule has 0 radical (unpaired) electrons. The summed E-state index contributed by atoms with van der Waals surface area (Å²) >= 11 is 0. The quantitative estimate of drug-likeness (QED) is 0.773. The van der Waals surface area contributed by atoms with Crippen LogP contribution in [-0.4, -0.2) is 40.9 Å². The van der Waals surface area contributed by atoms with Crippen molar-refractivity contribution in [3.8, 4) is 0 Å². The highest BCUT2D eigenvalue weighted by molar-refractivity contribution is 6.09. The predicted octanol–water partition coefficient (Wildman–Crippen LogP) is 1.55. The van der Waals surface area contributed by atoms with Crippen LogP contribution in [0, 0.1) is 5.92 Å². The van der Waals surface area contributed by atoms with Crippen molar-refractivity contribution < 1.29 is 14.4 Å². The zero-order valence-corrected chi connectivity index (χ0v) is 13.2. The molecule has 2 N–H and O–H groups in total. The molecule has 1 aliphatic heterocycles. The van der Waals surface area contributed by atoms with Crippen LogP contribution in [0.4, 0.5) is 4.79 Å². The zero-order valence-electron chi connectivity index (χ0n) is 13.2. The number of amides is 4. The van der Waals surface area contributed by atoms with Gasteiger partial charge in [0.25, 0.3) is 5.91 Å². The molecule has 6 heteroatoms. The maximum Gasteiger partial charge on any atom is 0.325 e. The van der Waals surface area contributed by atoms with E-state index < -0.39 is 11.6 Å². The molecule has 6 nitrogen and oxygen atoms in total. The molecule has 3 fully saturated rings. The minimum Gasteiger partial charge on any atom is -0.352 e. The molecule has 1 saturated heterocycles. The normalized spacial score (nSPS) is 25.8. The van der Waals surface area contributed by atoms with Crippen molar-refractivity contribution in [3.63, 3.8) is 0 Å². The van der Waals surface area contributed by atoms with Gasteiger partial charge < -0.3 is 10.6 Å². The Morgan fingerprint density at radius 3 is 2.50 bits per heavy atom. The summed E-state index contributed by atoms with van der Waals surface area (Å²) in [5.74, 6) is 0.0995. The Labute approximate surface area is 131 Å². The number of carbonyl (C=O) groups is 3. The number of hydrogen-bond acceptors (Lipinski definition) is 3. The van der Waals surface area contributed by atoms with E-state index in [2.05, 4.69) is 10.6 Å². The average Bonchev–Trinajstić information content (AvgIpc) is 3.28. The summed E-state index contributed by atoms with van der Waals surface area (Å²) in [6, 6.07) is -0.291. The summed E-state index contributed by atoms with van der Waals surface area (Å²) < 4.78 is 0. The van der Waals surface area contributed by atoms with E-state index >= 15 is 0 Å². The summed E-state index contributed by atoms with van der Waals surface area (Å²) in [5.41, 5.74) is -0.754. The first-order valence-corrected chi connectivity index (χ1v) is 8.45. The van der Waals surface area contributed by atoms with E-state index in [1.165, 1.54) is 0 Å². The highest BCUT2D eigenvalue weighted by Gasteiger charge is 2.51. The summed E-state index contributed by atoms with van der Waals surface area (Å²) in [7, 11) is 0. The zero-order chi connectivity index (χ0) is 15.7. The molecule has 1 atom stereocenters. The van der Waals surface area contributed by atoms with E-state index in [0.717, 1.165) is 43.4 Å². The maximum absolute atomic E-state index is 12.7. The van der Waals surface area contributed by atoms with Crippen LogP contribution in [0.3, 0.4) is 0 Å². The van der Waals surface area contributed by atoms with Crippen molar-refractivity contribution in [1.29, 1.82) is 0 Å². The Bertz CT molecular complexity index is 479. The van der Waals surface area contributed by atoms with Crippen LogP contribution in [0.5, 0.6) is 0 Å². The Kier molecular flexibility index (Phi) is 4.10. The fraction of sp³-hybridized carbons (Fsp3) is 0.812. The molecular formula is C16H25N3O3. The van der Waals surface area contributed by atoms with Gasteiger partial charge in [-0.15, -0.1) is 0 Å². The van der Waals surface area contributed by atoms with Gasteiger partial charge in [-0.25, -0.2) is 4.79 Å². The molecule has 1 heterocycles. The lowest BCUT2D eigenvalue weighted by atomic mass is 9.90. The molecule has 22 heavy (non-hydrogen) atoms. The molecule has 0 unspecified atom stereocenters. The third-order valence-corrected chi connectivity index (χ3v) is 5.22. The molecule has 3 aliphatic rings. The predicted molar refractivity (Wildman–Crippen MR) is 81.0 cm³/mol. The lowest BCUT2D eigenvalue weighted by Gasteiger charge is -2.24. The van der Waals surface area contributed by atoms with Crippen molar-refractivity contribution in [2.24, 2.45) is 5.92 Å². The number of carbonyl (C=O) groups excluding carboxylic acids is 3. The van der Waals surface area contributed by atoms with Gasteiger partial charge in [-0.2, -0.15) is 0 Å². The SMILES string of the molecule is C[C@@H](NC(=O)CN1C(=O)NC2(CCCCCC2)C1=O)C1CC1. The first-order chi connectivity index (χ1) is 10.5. The molecular weight excluding hydrogens is 282 g/mol. The highest BCUT2D eigenvalue weighted by Crippen LogP contribution is 2.33. The number of urea groups is 1. The van der Waals surface area contributed by atoms with Crippen LogP contribution in [-0.2, 0) is 9.59 Å². The highest BCUT2D eigenvalue weighted by atomic mass is 16.2. The standard InChI is InChI=1S/C16H25N3O3/c1-11(12-6-7-12)17-13(20)10-19-14(21)16(18-15(19)22)8-4-2-3-5-9-16/h11-12H,2-10H2,1H3,(H,17,20)(H,18,22)/t11-/m1/s1. The average molecular weight is 307 g/mol. The topological polar surface area (TPSA) is 78.5 Å². The minimum absolute atomic E-state index is 0.125. The van der Waals surface area contributed by atoms with Gasteiger partial charge >= 0.3 is 6.03 Å². The second kappa shape index (κ2) is 5.89. The van der Waals surface area contributed by atoms with Crippen molar-refractivity contribution in [2.75, 3.05) is 6.54 Å². The Balaban J connectivity index is 1.62. The first-order valence-electron chi connectivity index (χ1n) is 8.45. The third-order valence-electron chi connectivity index (χ3n) is 5.22. The number of hydrogen-bond donors (Lipinski definition) is 2. The Hall–Kier alpha value is -1.59. The smallest absolute Gasteiger partial charge is 0.325 e. The fourth-order valence-corrected chi connectivity index (χ4v) is 3.65. The van der Waals surface area contributed by atoms with Gasteiger partial charge in [-0.1, -0.05) is 25.7 Å². The Morgan fingerprint density at radius 2 is 1.91 bits per heavy atom. The van der Waals surface area contributed by atoms with Crippen molar-refractivity contribution >= 4 is 17.8 Å². The molecule has 122 valence electrons. The molecule has 0 aromatic heterocycles. The fourth-order valence-electron chi connectivity index (χ4n) is 3.65. The van der Waals surface area contributed by atoms with Gasteiger partial charge in [0.1, 0.15) is 12.1 Å². The van der Waals surface area contributed by atoms with E-state index in [1.54, 1.807) is 0 Å². The maximum atomic E-state index is 12.7. The number of nitrogens with zero attached hydrogens (tertiary/aromatic N) is 1. The summed E-state index contributed by atoms with van der Waals surface area (Å²) in [4.78, 5) is 38.0. The van der Waals surface area contributed by atoms with Crippen molar-refractivity contribution in [2.45, 2.75) is 69.9 Å². The van der Waals surface area contributed by atoms with Crippen LogP contribution in [0.1, 0.15) is 58.3 Å². The molecule has 2 aliphatic carbocycles. The van der Waals surface area contributed by atoms with Crippen LogP contribution in [0.25, 0.3) is 0 Å². The monoisotopic (exact) mass is 307 g/mol. The van der Waals surface area contributed by atoms with Gasteiger partial charge in [-0.3, -0.25) is 14.5 Å². The van der Waals surface area contributed by atoms with Crippen LogP contribution in [0.15, 0.2) is 0 Å². The largest absolute Gasteiger partial charge is 0.352 e. The van der Waals surface area contributed by atoms with Crippen molar-refractivity contribution in [1.82, 2.24) is 15.5 Å². The van der Waals surface area contributed by atoms with Gasteiger partial charge in [-0.05, 0) is 38.5 Å². The molecule has 1 spiro atoms. The summed E-state index contributed by atoms with van der Waals surface area (Å²) in [6.45, 7) is 1.82. The van der Waals surface area contributed by atoms with Gasteiger partial charge in [0, 0.05) is 6.04 Å². The van der Waals surface area contributed by atoms with E-state index in [4.69, 9.17) is 0 Å². The van der Waals surface area contributed by atoms with Gasteiger partial charge in [0.2, 0.25) is 5.91 Å². The van der Waals surface area contributed by atoms with E-state index in [1.807, 2.05) is 6.92 Å². The molecule has 0 aromatic rings. The summed E-state index contributed by atoms with van der Waals surface area (Å²) in [5, 5.41) is 5.76. The molecule has 4 amide bonds. The van der Waals surface area contributed by atoms with E-state index in [-0.39, 0.29) is 24.4 Å². The molecule has 0 bridgehead atoms. The van der Waals surface area contributed by atoms with Gasteiger partial charge in [0.15, 0.2) is 0 Å². The number of rotatable bonds is 4. The van der Waals surface area contributed by atoms with Crippen LogP contribution >= 0.6 is 0 Å².